The lowest BCUT2D eigenvalue weighted by atomic mass is 9.80. The quantitative estimate of drug-likeness (QED) is 0.136. The number of hydrogen-bond donors (Lipinski definition) is 1. The number of hydrogen-bond acceptors (Lipinski definition) is 8. The van der Waals surface area contributed by atoms with Crippen LogP contribution >= 0.6 is 0 Å². The van der Waals surface area contributed by atoms with E-state index in [1.165, 1.54) is 23.3 Å². The fourth-order valence-corrected chi connectivity index (χ4v) is 6.75. The number of rotatable bonds is 11. The Balaban J connectivity index is 1.36. The van der Waals surface area contributed by atoms with Crippen LogP contribution in [-0.4, -0.2) is 53.1 Å². The number of likely N-dealkylation sites (tertiary alicyclic amines) is 1. The second kappa shape index (κ2) is 14.3. The van der Waals surface area contributed by atoms with E-state index >= 15 is 0 Å². The molecule has 246 valence electrons. The van der Waals surface area contributed by atoms with E-state index in [4.69, 9.17) is 9.47 Å². The minimum Gasteiger partial charge on any atom is -0.460 e. The number of dihydropyridines is 1. The minimum atomic E-state index is -0.909. The molecule has 1 unspecified atom stereocenters. The number of ether oxygens (including phenoxy) is 2. The normalized spacial score (nSPS) is 20.0. The second-order valence-corrected chi connectivity index (χ2v) is 13.0. The molecule has 0 spiro atoms. The van der Waals surface area contributed by atoms with Crippen molar-refractivity contribution in [3.05, 3.63) is 134 Å². The zero-order valence-electron chi connectivity index (χ0n) is 27.7. The standard InChI is InChI=1S/C38H43N3O6/c1-25(2)46-36(42)33-26(3)39-27(4)34(35(33)30-17-12-18-31(23-30)41(44)45)37(43)47-38(5)20-22-40(24-38)21-19-32(28-13-8-6-9-14-28)29-15-10-7-11-16-29/h6-18,23,25,32,35,39H,19-22,24H2,1-5H3/t35?,38-/m0/s1. The summed E-state index contributed by atoms with van der Waals surface area (Å²) in [7, 11) is 0. The van der Waals surface area contributed by atoms with E-state index in [2.05, 4.69) is 58.7 Å². The van der Waals surface area contributed by atoms with E-state index in [-0.39, 0.29) is 22.8 Å². The van der Waals surface area contributed by atoms with Crippen LogP contribution in [0.25, 0.3) is 0 Å². The fourth-order valence-electron chi connectivity index (χ4n) is 6.75. The van der Waals surface area contributed by atoms with Gasteiger partial charge in [0.15, 0.2) is 0 Å². The van der Waals surface area contributed by atoms with Crippen molar-refractivity contribution in [3.63, 3.8) is 0 Å². The van der Waals surface area contributed by atoms with Gasteiger partial charge in [0.05, 0.1) is 28.1 Å². The van der Waals surface area contributed by atoms with Crippen LogP contribution in [0.15, 0.2) is 107 Å². The van der Waals surface area contributed by atoms with Gasteiger partial charge in [-0.05, 0) is 64.3 Å². The Morgan fingerprint density at radius 2 is 1.53 bits per heavy atom. The molecule has 0 bridgehead atoms. The van der Waals surface area contributed by atoms with Crippen molar-refractivity contribution in [1.82, 2.24) is 10.2 Å². The van der Waals surface area contributed by atoms with Gasteiger partial charge in [0, 0.05) is 49.0 Å². The first kappa shape index (κ1) is 33.6. The molecule has 3 aromatic rings. The molecular formula is C38H43N3O6. The number of benzene rings is 3. The van der Waals surface area contributed by atoms with E-state index in [0.717, 1.165) is 19.5 Å². The fraction of sp³-hybridized carbons (Fsp3) is 0.368. The maximum atomic E-state index is 14.2. The zero-order valence-corrected chi connectivity index (χ0v) is 27.7. The Kier molecular flexibility index (Phi) is 10.3. The van der Waals surface area contributed by atoms with Crippen LogP contribution in [0.4, 0.5) is 5.69 Å². The van der Waals surface area contributed by atoms with Crippen LogP contribution in [0.1, 0.15) is 76.0 Å². The van der Waals surface area contributed by atoms with Crippen molar-refractivity contribution < 1.29 is 24.0 Å². The molecule has 2 aliphatic heterocycles. The first-order valence-corrected chi connectivity index (χ1v) is 16.1. The molecule has 1 fully saturated rings. The van der Waals surface area contributed by atoms with Crippen LogP contribution < -0.4 is 5.32 Å². The van der Waals surface area contributed by atoms with Crippen LogP contribution in [0.2, 0.25) is 0 Å². The minimum absolute atomic E-state index is 0.136. The van der Waals surface area contributed by atoms with Crippen LogP contribution in [0.3, 0.4) is 0 Å². The number of nitro groups is 1. The van der Waals surface area contributed by atoms with Crippen molar-refractivity contribution in [2.45, 2.75) is 71.0 Å². The molecule has 2 heterocycles. The van der Waals surface area contributed by atoms with E-state index < -0.39 is 34.5 Å². The molecule has 1 saturated heterocycles. The van der Waals surface area contributed by atoms with E-state index in [0.29, 0.717) is 29.9 Å². The van der Waals surface area contributed by atoms with Gasteiger partial charge < -0.3 is 14.8 Å². The van der Waals surface area contributed by atoms with Crippen LogP contribution in [-0.2, 0) is 19.1 Å². The number of esters is 2. The highest BCUT2D eigenvalue weighted by atomic mass is 16.6. The lowest BCUT2D eigenvalue weighted by Crippen LogP contribution is -2.39. The van der Waals surface area contributed by atoms with Gasteiger partial charge in [-0.15, -0.1) is 0 Å². The molecule has 2 atom stereocenters. The SMILES string of the molecule is CC1=C(C(=O)OC(C)C)C(c2cccc([N+](=O)[O-])c2)C(C(=O)O[C@@]2(C)CCN(CCC(c3ccccc3)c3ccccc3)C2)=C(C)N1. The summed E-state index contributed by atoms with van der Waals surface area (Å²) in [5.41, 5.74) is 3.58. The van der Waals surface area contributed by atoms with Crippen molar-refractivity contribution >= 4 is 17.6 Å². The summed E-state index contributed by atoms with van der Waals surface area (Å²) >= 11 is 0. The molecule has 0 radical (unpaired) electrons. The van der Waals surface area contributed by atoms with Crippen molar-refractivity contribution in [1.29, 1.82) is 0 Å². The largest absolute Gasteiger partial charge is 0.460 e. The van der Waals surface area contributed by atoms with Gasteiger partial charge in [-0.3, -0.25) is 15.0 Å². The number of non-ortho nitro benzene ring substituents is 1. The Bertz CT molecular complexity index is 1640. The van der Waals surface area contributed by atoms with E-state index in [9.17, 15) is 19.7 Å². The molecule has 47 heavy (non-hydrogen) atoms. The summed E-state index contributed by atoms with van der Waals surface area (Å²) in [5, 5.41) is 14.9. The first-order chi connectivity index (χ1) is 22.5. The number of carbonyl (C=O) groups excluding carboxylic acids is 2. The molecule has 2 aliphatic rings. The maximum Gasteiger partial charge on any atom is 0.337 e. The predicted molar refractivity (Wildman–Crippen MR) is 180 cm³/mol. The van der Waals surface area contributed by atoms with Crippen molar-refractivity contribution in [2.75, 3.05) is 19.6 Å². The molecule has 3 aromatic carbocycles. The molecule has 0 saturated carbocycles. The van der Waals surface area contributed by atoms with Crippen molar-refractivity contribution in [3.8, 4) is 0 Å². The number of allylic oxidation sites excluding steroid dienone is 2. The summed E-state index contributed by atoms with van der Waals surface area (Å²) in [6.07, 6.45) is 1.16. The molecule has 9 nitrogen and oxygen atoms in total. The summed E-state index contributed by atoms with van der Waals surface area (Å²) in [5.74, 6) is -1.83. The number of carbonyl (C=O) groups is 2. The highest BCUT2D eigenvalue weighted by Crippen LogP contribution is 2.41. The maximum absolute atomic E-state index is 14.2. The summed E-state index contributed by atoms with van der Waals surface area (Å²) < 4.78 is 11.9. The van der Waals surface area contributed by atoms with Crippen molar-refractivity contribution in [2.24, 2.45) is 0 Å². The smallest absolute Gasteiger partial charge is 0.337 e. The molecular weight excluding hydrogens is 594 g/mol. The number of nitrogens with one attached hydrogen (secondary N) is 1. The lowest BCUT2D eigenvalue weighted by Gasteiger charge is -2.33. The molecule has 0 aromatic heterocycles. The third-order valence-corrected chi connectivity index (χ3v) is 8.95. The molecule has 0 aliphatic carbocycles. The third-order valence-electron chi connectivity index (χ3n) is 8.95. The number of nitrogens with zero attached hydrogens (tertiary/aromatic N) is 2. The van der Waals surface area contributed by atoms with Crippen LogP contribution in [0, 0.1) is 10.1 Å². The zero-order chi connectivity index (χ0) is 33.7. The monoisotopic (exact) mass is 637 g/mol. The average molecular weight is 638 g/mol. The average Bonchev–Trinajstić information content (AvgIpc) is 3.41. The molecule has 9 heteroatoms. The number of nitro benzene ring substituents is 1. The van der Waals surface area contributed by atoms with Crippen LogP contribution in [0.5, 0.6) is 0 Å². The summed E-state index contributed by atoms with van der Waals surface area (Å²) in [4.78, 5) is 41.1. The van der Waals surface area contributed by atoms with Gasteiger partial charge in [0.2, 0.25) is 0 Å². The van der Waals surface area contributed by atoms with Gasteiger partial charge >= 0.3 is 11.9 Å². The first-order valence-electron chi connectivity index (χ1n) is 16.1. The third kappa shape index (κ3) is 7.80. The Morgan fingerprint density at radius 3 is 2.11 bits per heavy atom. The van der Waals surface area contributed by atoms with E-state index in [1.54, 1.807) is 39.8 Å². The van der Waals surface area contributed by atoms with Gasteiger partial charge in [0.25, 0.3) is 5.69 Å². The molecule has 5 rings (SSSR count). The van der Waals surface area contributed by atoms with Gasteiger partial charge in [-0.1, -0.05) is 72.8 Å². The van der Waals surface area contributed by atoms with Gasteiger partial charge in [0.1, 0.15) is 5.60 Å². The van der Waals surface area contributed by atoms with Gasteiger partial charge in [-0.25, -0.2) is 9.59 Å². The highest BCUT2D eigenvalue weighted by molar-refractivity contribution is 6.00. The Hall–Kier alpha value is -4.76. The Labute approximate surface area is 276 Å². The molecule has 0 amide bonds. The second-order valence-electron chi connectivity index (χ2n) is 13.0. The predicted octanol–water partition coefficient (Wildman–Crippen LogP) is 7.01. The topological polar surface area (TPSA) is 111 Å². The van der Waals surface area contributed by atoms with Gasteiger partial charge in [-0.2, -0.15) is 0 Å². The molecule has 1 N–H and O–H groups in total. The van der Waals surface area contributed by atoms with E-state index in [1.807, 2.05) is 19.1 Å². The summed E-state index contributed by atoms with van der Waals surface area (Å²) in [6, 6.07) is 27.0. The highest BCUT2D eigenvalue weighted by Gasteiger charge is 2.43. The summed E-state index contributed by atoms with van der Waals surface area (Å²) in [6.45, 7) is 11.1. The lowest BCUT2D eigenvalue weighted by molar-refractivity contribution is -0.384. The Morgan fingerprint density at radius 1 is 0.936 bits per heavy atom.